The second-order valence-electron chi connectivity index (χ2n) is 6.54. The summed E-state index contributed by atoms with van der Waals surface area (Å²) in [5.74, 6) is 0.197. The molecule has 2 aromatic heterocycles. The van der Waals surface area contributed by atoms with Crippen LogP contribution in [0.3, 0.4) is 0 Å². The highest BCUT2D eigenvalue weighted by molar-refractivity contribution is 5.91. The van der Waals surface area contributed by atoms with E-state index in [1.165, 1.54) is 0 Å². The number of aromatic nitrogens is 4. The van der Waals surface area contributed by atoms with Crippen LogP contribution in [-0.4, -0.2) is 25.9 Å². The molecule has 3 aromatic rings. The van der Waals surface area contributed by atoms with Gasteiger partial charge in [0.15, 0.2) is 5.82 Å². The van der Waals surface area contributed by atoms with Crippen molar-refractivity contribution < 1.29 is 4.79 Å². The first-order valence-corrected chi connectivity index (χ1v) is 8.64. The van der Waals surface area contributed by atoms with Crippen molar-refractivity contribution in [3.8, 4) is 11.3 Å². The van der Waals surface area contributed by atoms with Gasteiger partial charge in [0.1, 0.15) is 0 Å². The summed E-state index contributed by atoms with van der Waals surface area (Å²) in [5, 5.41) is 15.6. The van der Waals surface area contributed by atoms with E-state index < -0.39 is 0 Å². The molecule has 3 rings (SSSR count). The Morgan fingerprint density at radius 3 is 2.42 bits per heavy atom. The average molecular weight is 349 g/mol. The molecule has 0 bridgehead atoms. The number of carbonyl (C=O) groups is 1. The molecule has 1 amide bonds. The van der Waals surface area contributed by atoms with Crippen LogP contribution >= 0.6 is 0 Å². The van der Waals surface area contributed by atoms with Crippen LogP contribution in [0.25, 0.3) is 11.3 Å². The quantitative estimate of drug-likeness (QED) is 0.767. The van der Waals surface area contributed by atoms with Gasteiger partial charge in [-0.3, -0.25) is 9.48 Å². The molecule has 0 saturated carbocycles. The number of nitrogens with zero attached hydrogens (tertiary/aromatic N) is 4. The van der Waals surface area contributed by atoms with Crippen LogP contribution in [0.15, 0.2) is 42.5 Å². The third-order valence-corrected chi connectivity index (χ3v) is 4.60. The van der Waals surface area contributed by atoms with E-state index in [9.17, 15) is 4.79 Å². The summed E-state index contributed by atoms with van der Waals surface area (Å²) in [6.45, 7) is 5.90. The first-order chi connectivity index (χ1) is 12.5. The second-order valence-corrected chi connectivity index (χ2v) is 6.54. The number of hydrogen-bond donors (Lipinski definition) is 1. The Kier molecular flexibility index (Phi) is 5.11. The van der Waals surface area contributed by atoms with E-state index in [0.717, 1.165) is 28.2 Å². The van der Waals surface area contributed by atoms with E-state index in [-0.39, 0.29) is 11.8 Å². The fourth-order valence-electron chi connectivity index (χ4n) is 2.92. The fraction of sp³-hybridized carbons (Fsp3) is 0.300. The highest BCUT2D eigenvalue weighted by Crippen LogP contribution is 2.19. The molecule has 1 aromatic carbocycles. The number of amides is 1. The van der Waals surface area contributed by atoms with Gasteiger partial charge < -0.3 is 5.32 Å². The number of carbonyl (C=O) groups excluding carboxylic acids is 1. The number of anilines is 1. The maximum atomic E-state index is 12.5. The van der Waals surface area contributed by atoms with Crippen LogP contribution in [0.5, 0.6) is 0 Å². The lowest BCUT2D eigenvalue weighted by molar-refractivity contribution is -0.119. The van der Waals surface area contributed by atoms with E-state index in [1.807, 2.05) is 68.9 Å². The molecule has 0 unspecified atom stereocenters. The molecule has 134 valence electrons. The Morgan fingerprint density at radius 1 is 1.12 bits per heavy atom. The summed E-state index contributed by atoms with van der Waals surface area (Å²) in [4.78, 5) is 12.5. The largest absolute Gasteiger partial charge is 0.309 e. The molecule has 1 N–H and O–H groups in total. The Morgan fingerprint density at radius 2 is 1.85 bits per heavy atom. The molecule has 0 radical (unpaired) electrons. The highest BCUT2D eigenvalue weighted by atomic mass is 16.1. The maximum Gasteiger partial charge on any atom is 0.228 e. The Balaban J connectivity index is 1.65. The van der Waals surface area contributed by atoms with Gasteiger partial charge in [-0.15, -0.1) is 10.2 Å². The lowest BCUT2D eigenvalue weighted by Crippen LogP contribution is -2.23. The second kappa shape index (κ2) is 7.47. The number of hydrogen-bond acceptors (Lipinski definition) is 4. The number of benzene rings is 1. The maximum absolute atomic E-state index is 12.5. The van der Waals surface area contributed by atoms with Crippen molar-refractivity contribution in [1.82, 2.24) is 20.0 Å². The molecular weight excluding hydrogens is 326 g/mol. The molecular formula is C20H23N5O. The summed E-state index contributed by atoms with van der Waals surface area (Å²) < 4.78 is 1.85. The Hall–Kier alpha value is -3.02. The molecule has 6 heteroatoms. The van der Waals surface area contributed by atoms with Gasteiger partial charge in [-0.2, -0.15) is 5.10 Å². The van der Waals surface area contributed by atoms with Gasteiger partial charge in [-0.25, -0.2) is 0 Å². The summed E-state index contributed by atoms with van der Waals surface area (Å²) in [6.07, 6.45) is 0.646. The molecule has 0 aliphatic carbocycles. The van der Waals surface area contributed by atoms with Crippen LogP contribution in [0.4, 0.5) is 5.82 Å². The van der Waals surface area contributed by atoms with E-state index in [4.69, 9.17) is 0 Å². The first kappa shape index (κ1) is 17.8. The minimum absolute atomic E-state index is 0.0746. The van der Waals surface area contributed by atoms with E-state index >= 15 is 0 Å². The lowest BCUT2D eigenvalue weighted by atomic mass is 9.99. The fourth-order valence-corrected chi connectivity index (χ4v) is 2.92. The zero-order valence-electron chi connectivity index (χ0n) is 15.5. The third kappa shape index (κ3) is 3.79. The van der Waals surface area contributed by atoms with Crippen LogP contribution in [0.1, 0.15) is 23.9 Å². The van der Waals surface area contributed by atoms with Gasteiger partial charge in [0.05, 0.1) is 11.4 Å². The van der Waals surface area contributed by atoms with E-state index in [0.29, 0.717) is 12.2 Å². The van der Waals surface area contributed by atoms with Crippen molar-refractivity contribution >= 4 is 11.7 Å². The van der Waals surface area contributed by atoms with Gasteiger partial charge in [0, 0.05) is 24.2 Å². The monoisotopic (exact) mass is 349 g/mol. The van der Waals surface area contributed by atoms with Crippen molar-refractivity contribution in [2.24, 2.45) is 13.0 Å². The van der Waals surface area contributed by atoms with Crippen molar-refractivity contribution in [3.63, 3.8) is 0 Å². The molecule has 0 aliphatic heterocycles. The predicted molar refractivity (Wildman–Crippen MR) is 102 cm³/mol. The normalized spacial score (nSPS) is 12.0. The lowest BCUT2D eigenvalue weighted by Gasteiger charge is -2.12. The smallest absolute Gasteiger partial charge is 0.228 e. The molecule has 6 nitrogen and oxygen atoms in total. The van der Waals surface area contributed by atoms with Crippen LogP contribution in [0.2, 0.25) is 0 Å². The van der Waals surface area contributed by atoms with Crippen LogP contribution < -0.4 is 5.32 Å². The predicted octanol–water partition coefficient (Wildman–Crippen LogP) is 3.31. The Labute approximate surface area is 153 Å². The molecule has 0 saturated heterocycles. The molecule has 1 atom stereocenters. The Bertz CT molecular complexity index is 900. The third-order valence-electron chi connectivity index (χ3n) is 4.60. The van der Waals surface area contributed by atoms with Crippen molar-refractivity contribution in [2.45, 2.75) is 27.2 Å². The summed E-state index contributed by atoms with van der Waals surface area (Å²) in [7, 11) is 1.92. The van der Waals surface area contributed by atoms with Crippen molar-refractivity contribution in [3.05, 3.63) is 59.4 Å². The van der Waals surface area contributed by atoms with Crippen LogP contribution in [-0.2, 0) is 18.3 Å². The highest BCUT2D eigenvalue weighted by Gasteiger charge is 2.19. The molecule has 0 fully saturated rings. The number of nitrogens with one attached hydrogen (secondary N) is 1. The topological polar surface area (TPSA) is 72.7 Å². The SMILES string of the molecule is Cc1nn(C)c(C)c1C[C@@H](C)C(=O)Nc1ccc(-c2ccccc2)nn1. The van der Waals surface area contributed by atoms with Gasteiger partial charge >= 0.3 is 0 Å². The van der Waals surface area contributed by atoms with Crippen molar-refractivity contribution in [2.75, 3.05) is 5.32 Å². The zero-order valence-corrected chi connectivity index (χ0v) is 15.5. The zero-order chi connectivity index (χ0) is 18.7. The summed E-state index contributed by atoms with van der Waals surface area (Å²) >= 11 is 0. The molecule has 2 heterocycles. The molecule has 26 heavy (non-hydrogen) atoms. The van der Waals surface area contributed by atoms with Crippen LogP contribution in [0, 0.1) is 19.8 Å². The van der Waals surface area contributed by atoms with Gasteiger partial charge in [0.25, 0.3) is 0 Å². The molecule has 0 aliphatic rings. The number of aryl methyl sites for hydroxylation is 2. The standard InChI is InChI=1S/C20H23N5O/c1-13(12-17-14(2)24-25(4)15(17)3)20(26)21-19-11-10-18(22-23-19)16-8-6-5-7-9-16/h5-11,13H,12H2,1-4H3,(H,21,23,26)/t13-/m1/s1. The van der Waals surface area contributed by atoms with Gasteiger partial charge in [-0.05, 0) is 38.0 Å². The summed E-state index contributed by atoms with van der Waals surface area (Å²) in [5.41, 5.74) is 4.96. The minimum Gasteiger partial charge on any atom is -0.309 e. The number of rotatable bonds is 5. The van der Waals surface area contributed by atoms with Crippen molar-refractivity contribution in [1.29, 1.82) is 0 Å². The van der Waals surface area contributed by atoms with E-state index in [2.05, 4.69) is 20.6 Å². The average Bonchev–Trinajstić information content (AvgIpc) is 2.89. The minimum atomic E-state index is -0.188. The molecule has 0 spiro atoms. The van der Waals surface area contributed by atoms with Gasteiger partial charge in [0.2, 0.25) is 5.91 Å². The van der Waals surface area contributed by atoms with Gasteiger partial charge in [-0.1, -0.05) is 37.3 Å². The first-order valence-electron chi connectivity index (χ1n) is 8.64. The van der Waals surface area contributed by atoms with E-state index in [1.54, 1.807) is 6.07 Å². The summed E-state index contributed by atoms with van der Waals surface area (Å²) in [6, 6.07) is 13.5.